The number of aromatic nitrogens is 2. The van der Waals surface area contributed by atoms with E-state index in [0.717, 1.165) is 28.0 Å². The Morgan fingerprint density at radius 3 is 2.79 bits per heavy atom. The maximum Gasteiger partial charge on any atom is 0.256 e. The van der Waals surface area contributed by atoms with E-state index in [1.54, 1.807) is 6.08 Å². The lowest BCUT2D eigenvalue weighted by Gasteiger charge is -2.10. The predicted molar refractivity (Wildman–Crippen MR) is 94.8 cm³/mol. The monoisotopic (exact) mass is 319 g/mol. The minimum absolute atomic E-state index is 0.0796. The fourth-order valence-corrected chi connectivity index (χ4v) is 2.83. The van der Waals surface area contributed by atoms with Crippen molar-refractivity contribution in [2.24, 2.45) is 0 Å². The van der Waals surface area contributed by atoms with Gasteiger partial charge in [0.25, 0.3) is 5.91 Å². The zero-order chi connectivity index (χ0) is 16.7. The molecule has 0 saturated carbocycles. The molecule has 24 heavy (non-hydrogen) atoms. The number of imidazole rings is 1. The lowest BCUT2D eigenvalue weighted by Crippen LogP contribution is -2.05. The van der Waals surface area contributed by atoms with Crippen molar-refractivity contribution in [3.63, 3.8) is 0 Å². The standard InChI is InChI=1S/C19H17N3O2/c1-11(2)24-12-7-8-15-13(9-12)14(19(23)22-15)10-18-20-16-5-3-4-6-17(16)21-18/h3-11H,1-2H3,(H,20,21)(H,22,23)/b14-10-. The third kappa shape index (κ3) is 2.54. The number of aromatic amines is 1. The van der Waals surface area contributed by atoms with Crippen molar-refractivity contribution in [3.8, 4) is 5.75 Å². The van der Waals surface area contributed by atoms with Gasteiger partial charge in [0.15, 0.2) is 0 Å². The van der Waals surface area contributed by atoms with Crippen molar-refractivity contribution in [1.82, 2.24) is 9.97 Å². The van der Waals surface area contributed by atoms with Gasteiger partial charge < -0.3 is 15.0 Å². The lowest BCUT2D eigenvalue weighted by molar-refractivity contribution is -0.110. The van der Waals surface area contributed by atoms with E-state index in [1.165, 1.54) is 0 Å². The Morgan fingerprint density at radius 1 is 1.17 bits per heavy atom. The first-order valence-corrected chi connectivity index (χ1v) is 7.89. The Bertz CT molecular complexity index is 937. The summed E-state index contributed by atoms with van der Waals surface area (Å²) < 4.78 is 5.73. The van der Waals surface area contributed by atoms with Crippen LogP contribution in [0, 0.1) is 0 Å². The summed E-state index contributed by atoms with van der Waals surface area (Å²) >= 11 is 0. The molecule has 5 heteroatoms. The summed E-state index contributed by atoms with van der Waals surface area (Å²) in [7, 11) is 0. The van der Waals surface area contributed by atoms with Gasteiger partial charge in [-0.1, -0.05) is 12.1 Å². The van der Waals surface area contributed by atoms with Gasteiger partial charge in [-0.25, -0.2) is 4.98 Å². The maximum absolute atomic E-state index is 12.3. The molecule has 2 aromatic carbocycles. The molecule has 2 N–H and O–H groups in total. The molecule has 0 atom stereocenters. The van der Waals surface area contributed by atoms with E-state index in [0.29, 0.717) is 11.4 Å². The number of benzene rings is 2. The molecule has 0 spiro atoms. The molecule has 0 bridgehead atoms. The van der Waals surface area contributed by atoms with Gasteiger partial charge in [-0.2, -0.15) is 0 Å². The predicted octanol–water partition coefficient (Wildman–Crippen LogP) is 3.84. The Balaban J connectivity index is 1.77. The SMILES string of the molecule is CC(C)Oc1ccc2c(c1)/C(=C/c1nc3ccccc3[nH]1)C(=O)N2. The molecular formula is C19H17N3O2. The van der Waals surface area contributed by atoms with Crippen LogP contribution in [-0.2, 0) is 4.79 Å². The molecule has 1 aliphatic heterocycles. The topological polar surface area (TPSA) is 67.0 Å². The summed E-state index contributed by atoms with van der Waals surface area (Å²) in [6.07, 6.45) is 1.86. The van der Waals surface area contributed by atoms with Gasteiger partial charge >= 0.3 is 0 Å². The molecule has 0 fully saturated rings. The Labute approximate surface area is 139 Å². The minimum Gasteiger partial charge on any atom is -0.491 e. The Hall–Kier alpha value is -3.08. The number of H-pyrrole nitrogens is 1. The van der Waals surface area contributed by atoms with Crippen LogP contribution >= 0.6 is 0 Å². The Morgan fingerprint density at radius 2 is 2.00 bits per heavy atom. The lowest BCUT2D eigenvalue weighted by atomic mass is 10.1. The third-order valence-corrected chi connectivity index (χ3v) is 3.83. The zero-order valence-electron chi connectivity index (χ0n) is 13.5. The number of fused-ring (bicyclic) bond motifs is 2. The number of hydrogen-bond donors (Lipinski definition) is 2. The average molecular weight is 319 g/mol. The fourth-order valence-electron chi connectivity index (χ4n) is 2.83. The quantitative estimate of drug-likeness (QED) is 0.721. The van der Waals surface area contributed by atoms with Crippen molar-refractivity contribution < 1.29 is 9.53 Å². The average Bonchev–Trinajstić information content (AvgIpc) is 3.08. The first-order chi connectivity index (χ1) is 11.6. The van der Waals surface area contributed by atoms with Crippen LogP contribution in [0.2, 0.25) is 0 Å². The number of nitrogens with one attached hydrogen (secondary N) is 2. The smallest absolute Gasteiger partial charge is 0.256 e. The summed E-state index contributed by atoms with van der Waals surface area (Å²) in [6, 6.07) is 13.4. The molecule has 0 aliphatic carbocycles. The minimum atomic E-state index is -0.132. The van der Waals surface area contributed by atoms with Crippen LogP contribution < -0.4 is 10.1 Å². The van der Waals surface area contributed by atoms with E-state index >= 15 is 0 Å². The van der Waals surface area contributed by atoms with E-state index in [1.807, 2.05) is 56.3 Å². The van der Waals surface area contributed by atoms with E-state index in [-0.39, 0.29) is 12.0 Å². The number of anilines is 1. The second-order valence-corrected chi connectivity index (χ2v) is 6.03. The highest BCUT2D eigenvalue weighted by Crippen LogP contribution is 2.35. The highest BCUT2D eigenvalue weighted by atomic mass is 16.5. The third-order valence-electron chi connectivity index (χ3n) is 3.83. The highest BCUT2D eigenvalue weighted by Gasteiger charge is 2.25. The van der Waals surface area contributed by atoms with Gasteiger partial charge in [-0.05, 0) is 50.3 Å². The second-order valence-electron chi connectivity index (χ2n) is 6.03. The van der Waals surface area contributed by atoms with Gasteiger partial charge in [0.2, 0.25) is 0 Å². The molecule has 0 saturated heterocycles. The van der Waals surface area contributed by atoms with Gasteiger partial charge in [-0.15, -0.1) is 0 Å². The first kappa shape index (κ1) is 14.5. The fraction of sp³-hybridized carbons (Fsp3) is 0.158. The number of para-hydroxylation sites is 2. The first-order valence-electron chi connectivity index (χ1n) is 7.89. The van der Waals surface area contributed by atoms with Crippen molar-refractivity contribution >= 4 is 34.3 Å². The van der Waals surface area contributed by atoms with Crippen molar-refractivity contribution in [2.45, 2.75) is 20.0 Å². The van der Waals surface area contributed by atoms with Crippen molar-refractivity contribution in [3.05, 3.63) is 53.9 Å². The van der Waals surface area contributed by atoms with Gasteiger partial charge in [-0.3, -0.25) is 4.79 Å². The van der Waals surface area contributed by atoms with E-state index < -0.39 is 0 Å². The van der Waals surface area contributed by atoms with Gasteiger partial charge in [0.05, 0.1) is 22.7 Å². The normalized spacial score (nSPS) is 15.1. The number of hydrogen-bond acceptors (Lipinski definition) is 3. The van der Waals surface area contributed by atoms with E-state index in [9.17, 15) is 4.79 Å². The maximum atomic E-state index is 12.3. The molecule has 0 radical (unpaired) electrons. The number of ether oxygens (including phenoxy) is 1. The summed E-state index contributed by atoms with van der Waals surface area (Å²) in [5, 5.41) is 2.88. The molecule has 0 unspecified atom stereocenters. The number of rotatable bonds is 3. The van der Waals surface area contributed by atoms with E-state index in [4.69, 9.17) is 4.74 Å². The summed E-state index contributed by atoms with van der Waals surface area (Å²) in [5.41, 5.74) is 4.02. The summed E-state index contributed by atoms with van der Waals surface area (Å²) in [5.74, 6) is 1.27. The molecule has 1 aromatic heterocycles. The molecule has 3 aromatic rings. The van der Waals surface area contributed by atoms with Crippen LogP contribution in [0.15, 0.2) is 42.5 Å². The number of carbonyl (C=O) groups is 1. The second kappa shape index (κ2) is 5.53. The number of nitrogens with zero attached hydrogens (tertiary/aromatic N) is 1. The number of carbonyl (C=O) groups excluding carboxylic acids is 1. The largest absolute Gasteiger partial charge is 0.491 e. The molecule has 5 nitrogen and oxygen atoms in total. The molecule has 1 amide bonds. The number of amides is 1. The summed E-state index contributed by atoms with van der Waals surface area (Å²) in [6.45, 7) is 3.95. The van der Waals surface area contributed by atoms with Crippen LogP contribution in [0.3, 0.4) is 0 Å². The van der Waals surface area contributed by atoms with Crippen LogP contribution in [0.4, 0.5) is 5.69 Å². The van der Waals surface area contributed by atoms with Crippen LogP contribution in [-0.4, -0.2) is 22.0 Å². The molecule has 120 valence electrons. The van der Waals surface area contributed by atoms with Crippen LogP contribution in [0.25, 0.3) is 22.7 Å². The van der Waals surface area contributed by atoms with Crippen LogP contribution in [0.5, 0.6) is 5.75 Å². The van der Waals surface area contributed by atoms with Crippen molar-refractivity contribution in [1.29, 1.82) is 0 Å². The van der Waals surface area contributed by atoms with Crippen LogP contribution in [0.1, 0.15) is 25.2 Å². The van der Waals surface area contributed by atoms with Crippen molar-refractivity contribution in [2.75, 3.05) is 5.32 Å². The molecule has 2 heterocycles. The van der Waals surface area contributed by atoms with Gasteiger partial charge in [0, 0.05) is 11.3 Å². The van der Waals surface area contributed by atoms with Gasteiger partial charge in [0.1, 0.15) is 11.6 Å². The molecule has 1 aliphatic rings. The Kier molecular flexibility index (Phi) is 3.34. The molecule has 4 rings (SSSR count). The summed E-state index contributed by atoms with van der Waals surface area (Å²) in [4.78, 5) is 20.1. The molecular weight excluding hydrogens is 302 g/mol. The van der Waals surface area contributed by atoms with E-state index in [2.05, 4.69) is 15.3 Å². The highest BCUT2D eigenvalue weighted by molar-refractivity contribution is 6.34. The zero-order valence-corrected chi connectivity index (χ0v) is 13.5.